The predicted octanol–water partition coefficient (Wildman–Crippen LogP) is 5.08. The van der Waals surface area contributed by atoms with Crippen LogP contribution >= 0.6 is 11.8 Å². The van der Waals surface area contributed by atoms with E-state index in [1.807, 2.05) is 0 Å². The molecule has 3 fully saturated rings. The summed E-state index contributed by atoms with van der Waals surface area (Å²) < 4.78 is 32.3. The van der Waals surface area contributed by atoms with E-state index < -0.39 is 16.3 Å². The molecule has 224 valence electrons. The molecule has 0 unspecified atom stereocenters. The first-order chi connectivity index (χ1) is 20.4. The fraction of sp³-hybridized carbons (Fsp3) is 0.533. The Morgan fingerprint density at radius 3 is 2.55 bits per heavy atom. The topological polar surface area (TPSA) is 120 Å². The van der Waals surface area contributed by atoms with Crippen LogP contribution in [0.4, 0.5) is 10.1 Å². The van der Waals surface area contributed by atoms with Crippen LogP contribution in [0.25, 0.3) is 10.9 Å². The lowest BCUT2D eigenvalue weighted by molar-refractivity contribution is -0.384. The molecule has 2 saturated heterocycles. The van der Waals surface area contributed by atoms with Gasteiger partial charge in [0.25, 0.3) is 11.2 Å². The minimum Gasteiger partial charge on any atom is -0.493 e. The van der Waals surface area contributed by atoms with Crippen LogP contribution in [0.1, 0.15) is 44.3 Å². The number of non-ortho nitro benzene ring substituents is 1. The van der Waals surface area contributed by atoms with Gasteiger partial charge in [0.1, 0.15) is 34.6 Å². The SMILES string of the molecule is O=c1[nH]c(CSC2CCOCC2)nc2cc(OCC3CCN(C4CC(Oc5ccc([N+](=O)[O-])cc5)C4)CC3)cc(F)c12. The number of aromatic nitrogens is 2. The number of piperidine rings is 1. The van der Waals surface area contributed by atoms with Crippen LogP contribution < -0.4 is 15.0 Å². The summed E-state index contributed by atoms with van der Waals surface area (Å²) in [6.07, 6.45) is 5.95. The van der Waals surface area contributed by atoms with E-state index in [-0.39, 0.29) is 17.2 Å². The minimum absolute atomic E-state index is 0.0353. The van der Waals surface area contributed by atoms with Gasteiger partial charge in [-0.05, 0) is 56.8 Å². The molecule has 12 heteroatoms. The molecule has 1 aromatic heterocycles. The number of H-pyrrole nitrogens is 1. The largest absolute Gasteiger partial charge is 0.493 e. The number of nitro benzene ring substituents is 1. The van der Waals surface area contributed by atoms with Gasteiger partial charge in [-0.2, -0.15) is 11.8 Å². The third kappa shape index (κ3) is 6.87. The van der Waals surface area contributed by atoms with Gasteiger partial charge >= 0.3 is 0 Å². The highest BCUT2D eigenvalue weighted by molar-refractivity contribution is 7.99. The van der Waals surface area contributed by atoms with Crippen molar-refractivity contribution in [3.63, 3.8) is 0 Å². The number of likely N-dealkylation sites (tertiary alicyclic amines) is 1. The van der Waals surface area contributed by atoms with Crippen LogP contribution in [-0.4, -0.2) is 70.1 Å². The van der Waals surface area contributed by atoms with Crippen LogP contribution in [0, 0.1) is 21.8 Å². The van der Waals surface area contributed by atoms with Crippen molar-refractivity contribution in [2.24, 2.45) is 5.92 Å². The maximum absolute atomic E-state index is 14.9. The molecule has 0 radical (unpaired) electrons. The molecule has 6 rings (SSSR count). The fourth-order valence-corrected chi connectivity index (χ4v) is 6.96. The molecule has 1 aliphatic carbocycles. The first kappa shape index (κ1) is 28.9. The Morgan fingerprint density at radius 2 is 1.83 bits per heavy atom. The summed E-state index contributed by atoms with van der Waals surface area (Å²) in [6.45, 7) is 3.95. The Morgan fingerprint density at radius 1 is 1.10 bits per heavy atom. The molecule has 3 aliphatic rings. The highest BCUT2D eigenvalue weighted by Gasteiger charge is 2.37. The fourth-order valence-electron chi connectivity index (χ4n) is 5.91. The molecule has 0 atom stereocenters. The Bertz CT molecular complexity index is 1450. The quantitative estimate of drug-likeness (QED) is 0.252. The highest BCUT2D eigenvalue weighted by atomic mass is 32.2. The standard InChI is InChI=1S/C30H35FN4O6S/c31-26-15-23(16-27-29(26)30(36)33-28(32-27)18-42-25-7-11-39-12-8-25)40-17-19-5-9-34(10-6-19)21-13-24(14-21)41-22-3-1-20(2-4-22)35(37)38/h1-4,15-16,19,21,24-25H,5-14,17-18H2,(H,32,33,36). The molecule has 1 N–H and O–H groups in total. The Kier molecular flexibility index (Phi) is 8.92. The number of halogens is 1. The number of nitrogens with one attached hydrogen (secondary N) is 1. The van der Waals surface area contributed by atoms with Crippen molar-refractivity contribution in [3.8, 4) is 11.5 Å². The van der Waals surface area contributed by atoms with Gasteiger partial charge in [0.15, 0.2) is 0 Å². The molecular weight excluding hydrogens is 563 g/mol. The Labute approximate surface area is 247 Å². The average Bonchev–Trinajstić information content (AvgIpc) is 2.97. The summed E-state index contributed by atoms with van der Waals surface area (Å²) in [4.78, 5) is 32.8. The van der Waals surface area contributed by atoms with Crippen molar-refractivity contribution in [1.82, 2.24) is 14.9 Å². The van der Waals surface area contributed by atoms with Crippen LogP contribution in [-0.2, 0) is 10.5 Å². The van der Waals surface area contributed by atoms with E-state index in [4.69, 9.17) is 14.2 Å². The van der Waals surface area contributed by atoms with Crippen LogP contribution in [0.15, 0.2) is 41.2 Å². The van der Waals surface area contributed by atoms with Crippen LogP contribution in [0.2, 0.25) is 0 Å². The van der Waals surface area contributed by atoms with Gasteiger partial charge in [0.05, 0.1) is 22.8 Å². The number of nitrogens with zero attached hydrogens (tertiary/aromatic N) is 3. The minimum atomic E-state index is -0.620. The van der Waals surface area contributed by atoms with E-state index in [9.17, 15) is 19.3 Å². The second-order valence-corrected chi connectivity index (χ2v) is 12.6. The number of nitro groups is 1. The summed E-state index contributed by atoms with van der Waals surface area (Å²) in [5.41, 5.74) is -0.0831. The predicted molar refractivity (Wildman–Crippen MR) is 158 cm³/mol. The van der Waals surface area contributed by atoms with E-state index >= 15 is 0 Å². The number of rotatable bonds is 10. The number of hydrogen-bond donors (Lipinski definition) is 1. The highest BCUT2D eigenvalue weighted by Crippen LogP contribution is 2.33. The van der Waals surface area contributed by atoms with Gasteiger partial charge in [-0.1, -0.05) is 0 Å². The number of ether oxygens (including phenoxy) is 3. The molecule has 2 aromatic carbocycles. The molecule has 2 aliphatic heterocycles. The Hall–Kier alpha value is -3.22. The lowest BCUT2D eigenvalue weighted by Gasteiger charge is -2.45. The second-order valence-electron chi connectivity index (χ2n) is 11.3. The summed E-state index contributed by atoms with van der Waals surface area (Å²) in [5, 5.41) is 11.3. The molecule has 3 aromatic rings. The number of benzene rings is 2. The zero-order chi connectivity index (χ0) is 29.1. The van der Waals surface area contributed by atoms with E-state index in [0.717, 1.165) is 64.8 Å². The first-order valence-corrected chi connectivity index (χ1v) is 15.7. The van der Waals surface area contributed by atoms with E-state index in [2.05, 4.69) is 14.9 Å². The number of aromatic amines is 1. The van der Waals surface area contributed by atoms with E-state index in [1.54, 1.807) is 30.0 Å². The molecule has 42 heavy (non-hydrogen) atoms. The van der Waals surface area contributed by atoms with Crippen molar-refractivity contribution in [2.75, 3.05) is 32.9 Å². The van der Waals surface area contributed by atoms with E-state index in [1.165, 1.54) is 18.2 Å². The van der Waals surface area contributed by atoms with Gasteiger partial charge < -0.3 is 24.1 Å². The van der Waals surface area contributed by atoms with Crippen molar-refractivity contribution < 1.29 is 23.5 Å². The second kappa shape index (κ2) is 13.0. The molecule has 0 bridgehead atoms. The third-order valence-corrected chi connectivity index (χ3v) is 9.86. The summed E-state index contributed by atoms with van der Waals surface area (Å²) in [6, 6.07) is 9.67. The Balaban J connectivity index is 0.966. The zero-order valence-electron chi connectivity index (χ0n) is 23.3. The van der Waals surface area contributed by atoms with Gasteiger partial charge in [0, 0.05) is 61.6 Å². The van der Waals surface area contributed by atoms with Crippen LogP contribution in [0.5, 0.6) is 11.5 Å². The van der Waals surface area contributed by atoms with Gasteiger partial charge in [0.2, 0.25) is 0 Å². The maximum atomic E-state index is 14.9. The molecule has 0 spiro atoms. The third-order valence-electron chi connectivity index (χ3n) is 8.48. The van der Waals surface area contributed by atoms with Gasteiger partial charge in [-0.3, -0.25) is 14.9 Å². The molecule has 3 heterocycles. The summed E-state index contributed by atoms with van der Waals surface area (Å²) >= 11 is 1.75. The number of hydrogen-bond acceptors (Lipinski definition) is 9. The molecule has 10 nitrogen and oxygen atoms in total. The van der Waals surface area contributed by atoms with E-state index in [0.29, 0.717) is 52.4 Å². The monoisotopic (exact) mass is 598 g/mol. The van der Waals surface area contributed by atoms with Crippen molar-refractivity contribution >= 4 is 28.4 Å². The first-order valence-electron chi connectivity index (χ1n) is 14.6. The van der Waals surface area contributed by atoms with Crippen molar-refractivity contribution in [2.45, 2.75) is 61.7 Å². The maximum Gasteiger partial charge on any atom is 0.269 e. The average molecular weight is 599 g/mol. The lowest BCUT2D eigenvalue weighted by atomic mass is 9.85. The normalized spacial score (nSPS) is 22.1. The zero-order valence-corrected chi connectivity index (χ0v) is 24.2. The lowest BCUT2D eigenvalue weighted by Crippen LogP contribution is -2.52. The molecular formula is C30H35FN4O6S. The van der Waals surface area contributed by atoms with Crippen LogP contribution in [0.3, 0.4) is 0 Å². The van der Waals surface area contributed by atoms with Gasteiger partial charge in [-0.25, -0.2) is 9.37 Å². The molecule has 1 saturated carbocycles. The summed E-state index contributed by atoms with van der Waals surface area (Å²) in [5.74, 6) is 1.91. The summed E-state index contributed by atoms with van der Waals surface area (Å²) in [7, 11) is 0. The van der Waals surface area contributed by atoms with Crippen molar-refractivity contribution in [1.29, 1.82) is 0 Å². The van der Waals surface area contributed by atoms with Crippen molar-refractivity contribution in [3.05, 3.63) is 68.5 Å². The number of thioether (sulfide) groups is 1. The molecule has 0 amide bonds. The smallest absolute Gasteiger partial charge is 0.269 e. The number of fused-ring (bicyclic) bond motifs is 1. The van der Waals surface area contributed by atoms with Gasteiger partial charge in [-0.15, -0.1) is 0 Å².